The van der Waals surface area contributed by atoms with Gasteiger partial charge in [-0.25, -0.2) is 8.42 Å². The first-order valence-electron chi connectivity index (χ1n) is 14.6. The van der Waals surface area contributed by atoms with Crippen LogP contribution in [0.1, 0.15) is 37.0 Å². The molecule has 0 saturated heterocycles. The number of hydrogen-bond acceptors (Lipinski definition) is 4. The summed E-state index contributed by atoms with van der Waals surface area (Å²) in [5.41, 5.74) is 3.16. The Hall–Kier alpha value is -3.70. The minimum atomic E-state index is -4.12. The number of carbonyl (C=O) groups excluding carboxylic acids is 2. The van der Waals surface area contributed by atoms with E-state index in [4.69, 9.17) is 0 Å². The summed E-state index contributed by atoms with van der Waals surface area (Å²) in [5.74, 6) is -0.765. The molecule has 0 fully saturated rings. The summed E-state index contributed by atoms with van der Waals surface area (Å²) < 4.78 is 30.1. The topological polar surface area (TPSA) is 86.8 Å². The highest BCUT2D eigenvalue weighted by Gasteiger charge is 2.35. The van der Waals surface area contributed by atoms with E-state index in [0.717, 1.165) is 31.0 Å². The number of hydrogen-bond donors (Lipinski definition) is 1. The average molecular weight is 724 g/mol. The van der Waals surface area contributed by atoms with Crippen LogP contribution in [0.2, 0.25) is 0 Å². The molecule has 0 heterocycles. The van der Waals surface area contributed by atoms with Crippen molar-refractivity contribution in [2.75, 3.05) is 10.8 Å². The molecule has 0 spiro atoms. The highest BCUT2D eigenvalue weighted by molar-refractivity contribution is 14.1. The van der Waals surface area contributed by atoms with Crippen molar-refractivity contribution in [3.63, 3.8) is 0 Å². The fourth-order valence-corrected chi connectivity index (χ4v) is 6.54. The van der Waals surface area contributed by atoms with E-state index in [0.29, 0.717) is 5.69 Å². The molecule has 1 N–H and O–H groups in total. The van der Waals surface area contributed by atoms with Crippen molar-refractivity contribution < 1.29 is 18.0 Å². The van der Waals surface area contributed by atoms with Gasteiger partial charge in [-0.1, -0.05) is 85.3 Å². The lowest BCUT2D eigenvalue weighted by molar-refractivity contribution is -0.140. The summed E-state index contributed by atoms with van der Waals surface area (Å²) in [7, 11) is -4.12. The molecule has 0 unspecified atom stereocenters. The molecule has 0 aliphatic heterocycles. The van der Waals surface area contributed by atoms with Crippen molar-refractivity contribution in [2.24, 2.45) is 0 Å². The maximum absolute atomic E-state index is 14.5. The van der Waals surface area contributed by atoms with E-state index in [-0.39, 0.29) is 29.8 Å². The van der Waals surface area contributed by atoms with Gasteiger partial charge >= 0.3 is 0 Å². The molecule has 4 rings (SSSR count). The second-order valence-corrected chi connectivity index (χ2v) is 13.9. The van der Waals surface area contributed by atoms with Crippen LogP contribution in [0.4, 0.5) is 5.69 Å². The molecule has 4 aromatic rings. The second-order valence-electron chi connectivity index (χ2n) is 10.8. The second kappa shape index (κ2) is 15.3. The molecule has 2 amide bonds. The zero-order valence-corrected chi connectivity index (χ0v) is 28.2. The number of sulfonamides is 1. The third kappa shape index (κ3) is 8.69. The number of benzene rings is 4. The summed E-state index contributed by atoms with van der Waals surface area (Å²) in [5, 5.41) is 3.06. The number of nitrogens with zero attached hydrogens (tertiary/aromatic N) is 2. The van der Waals surface area contributed by atoms with Crippen LogP contribution in [0.15, 0.2) is 114 Å². The molecular weight excluding hydrogens is 685 g/mol. The van der Waals surface area contributed by atoms with Crippen molar-refractivity contribution >= 4 is 50.1 Å². The lowest BCUT2D eigenvalue weighted by Crippen LogP contribution is -2.54. The van der Waals surface area contributed by atoms with E-state index in [1.54, 1.807) is 42.5 Å². The van der Waals surface area contributed by atoms with E-state index >= 15 is 0 Å². The van der Waals surface area contributed by atoms with Crippen molar-refractivity contribution in [3.05, 3.63) is 129 Å². The maximum Gasteiger partial charge on any atom is 0.264 e. The van der Waals surface area contributed by atoms with Crippen LogP contribution in [-0.2, 0) is 32.6 Å². The van der Waals surface area contributed by atoms with Crippen LogP contribution >= 0.6 is 22.6 Å². The third-order valence-electron chi connectivity index (χ3n) is 7.47. The largest absolute Gasteiger partial charge is 0.352 e. The smallest absolute Gasteiger partial charge is 0.264 e. The quantitative estimate of drug-likeness (QED) is 0.163. The Morgan fingerprint density at radius 1 is 0.818 bits per heavy atom. The molecule has 0 aliphatic carbocycles. The molecule has 0 aromatic heterocycles. The van der Waals surface area contributed by atoms with Gasteiger partial charge in [0.05, 0.1) is 10.6 Å². The highest BCUT2D eigenvalue weighted by Crippen LogP contribution is 2.26. The van der Waals surface area contributed by atoms with Crippen LogP contribution in [0.25, 0.3) is 0 Å². The highest BCUT2D eigenvalue weighted by atomic mass is 127. The summed E-state index contributed by atoms with van der Waals surface area (Å²) in [6, 6.07) is 31.4. The van der Waals surface area contributed by atoms with Crippen LogP contribution < -0.4 is 9.62 Å². The zero-order chi connectivity index (χ0) is 31.7. The lowest BCUT2D eigenvalue weighted by atomic mass is 10.0. The monoisotopic (exact) mass is 723 g/mol. The van der Waals surface area contributed by atoms with Gasteiger partial charge in [0.1, 0.15) is 12.6 Å². The van der Waals surface area contributed by atoms with Crippen molar-refractivity contribution in [1.82, 2.24) is 10.2 Å². The van der Waals surface area contributed by atoms with Gasteiger partial charge in [0.15, 0.2) is 0 Å². The Bertz CT molecular complexity index is 1630. The molecule has 44 heavy (non-hydrogen) atoms. The molecule has 0 radical (unpaired) electrons. The summed E-state index contributed by atoms with van der Waals surface area (Å²) in [4.78, 5) is 30.0. The molecule has 7 nitrogen and oxygen atoms in total. The normalized spacial score (nSPS) is 12.6. The van der Waals surface area contributed by atoms with E-state index < -0.39 is 28.5 Å². The van der Waals surface area contributed by atoms with E-state index in [2.05, 4.69) is 27.9 Å². The number of aryl methyl sites for hydroxylation is 1. The minimum Gasteiger partial charge on any atom is -0.352 e. The summed E-state index contributed by atoms with van der Waals surface area (Å²) in [6.07, 6.45) is 1.00. The van der Waals surface area contributed by atoms with Gasteiger partial charge < -0.3 is 10.2 Å². The molecule has 9 heteroatoms. The Morgan fingerprint density at radius 2 is 1.41 bits per heavy atom. The Kier molecular flexibility index (Phi) is 11.6. The number of anilines is 1. The number of amides is 2. The van der Waals surface area contributed by atoms with Crippen LogP contribution in [0.3, 0.4) is 0 Å². The first kappa shape index (κ1) is 33.2. The number of halogens is 1. The fourth-order valence-electron chi connectivity index (χ4n) is 4.74. The first-order valence-corrected chi connectivity index (χ1v) is 17.1. The van der Waals surface area contributed by atoms with Gasteiger partial charge in [-0.15, -0.1) is 0 Å². The van der Waals surface area contributed by atoms with E-state index in [1.807, 2.05) is 75.4 Å². The fraction of sp³-hybridized carbons (Fsp3) is 0.257. The third-order valence-corrected chi connectivity index (χ3v) is 9.98. The van der Waals surface area contributed by atoms with Gasteiger partial charge in [0.25, 0.3) is 10.0 Å². The molecule has 230 valence electrons. The van der Waals surface area contributed by atoms with Crippen LogP contribution in [-0.4, -0.2) is 43.8 Å². The van der Waals surface area contributed by atoms with Crippen molar-refractivity contribution in [3.8, 4) is 0 Å². The van der Waals surface area contributed by atoms with Crippen molar-refractivity contribution in [2.45, 2.75) is 57.1 Å². The predicted octanol–water partition coefficient (Wildman–Crippen LogP) is 6.35. The molecule has 2 atom stereocenters. The Morgan fingerprint density at radius 3 is 2.00 bits per heavy atom. The Labute approximate surface area is 274 Å². The summed E-state index contributed by atoms with van der Waals surface area (Å²) in [6.45, 7) is 5.55. The average Bonchev–Trinajstić information content (AvgIpc) is 3.03. The number of nitrogens with one attached hydrogen (secondary N) is 1. The molecule has 0 saturated carbocycles. The van der Waals surface area contributed by atoms with Gasteiger partial charge in [0.2, 0.25) is 11.8 Å². The summed E-state index contributed by atoms with van der Waals surface area (Å²) >= 11 is 2.15. The number of rotatable bonds is 13. The van der Waals surface area contributed by atoms with Gasteiger partial charge in [-0.05, 0) is 90.4 Å². The number of carbonyl (C=O) groups is 2. The van der Waals surface area contributed by atoms with Gasteiger partial charge in [0, 0.05) is 22.6 Å². The van der Waals surface area contributed by atoms with E-state index in [1.165, 1.54) is 17.0 Å². The minimum absolute atomic E-state index is 0.0757. The van der Waals surface area contributed by atoms with Gasteiger partial charge in [-0.2, -0.15) is 0 Å². The van der Waals surface area contributed by atoms with Gasteiger partial charge in [-0.3, -0.25) is 13.9 Å². The SMILES string of the molecule is CC[C@@H](C)NC(=O)[C@H](Cc1ccccc1)N(Cc1ccc(C)cc1)C(=O)CN(c1ccc(I)cc1)S(=O)(=O)c1ccccc1. The van der Waals surface area contributed by atoms with Crippen LogP contribution in [0, 0.1) is 10.5 Å². The van der Waals surface area contributed by atoms with Crippen molar-refractivity contribution in [1.29, 1.82) is 0 Å². The van der Waals surface area contributed by atoms with E-state index in [9.17, 15) is 18.0 Å². The maximum atomic E-state index is 14.5. The molecular formula is C35H38IN3O4S. The molecule has 0 aliphatic rings. The molecule has 4 aromatic carbocycles. The van der Waals surface area contributed by atoms with Crippen LogP contribution in [0.5, 0.6) is 0 Å². The zero-order valence-electron chi connectivity index (χ0n) is 25.2. The predicted molar refractivity (Wildman–Crippen MR) is 184 cm³/mol. The molecule has 0 bridgehead atoms. The lowest BCUT2D eigenvalue weighted by Gasteiger charge is -2.34. The Balaban J connectivity index is 1.79. The first-order chi connectivity index (χ1) is 21.1. The standard InChI is InChI=1S/C35H38IN3O4S/c1-4-27(3)37-35(41)33(23-28-11-7-5-8-12-28)38(24-29-17-15-26(2)16-18-29)34(40)25-39(31-21-19-30(36)20-22-31)44(42,43)32-13-9-6-10-14-32/h5-22,27,33H,4,23-25H2,1-3H3,(H,37,41)/t27-,33+/m1/s1.